The summed E-state index contributed by atoms with van der Waals surface area (Å²) in [7, 11) is 1.70. The number of anilines is 1. The maximum atomic E-state index is 5.20. The molecule has 0 radical (unpaired) electrons. The molecular formula is C12H16N4O. The predicted octanol–water partition coefficient (Wildman–Crippen LogP) is 1.36. The summed E-state index contributed by atoms with van der Waals surface area (Å²) < 4.78 is 5.20. The van der Waals surface area contributed by atoms with E-state index in [4.69, 9.17) is 4.74 Å². The molecule has 0 saturated heterocycles. The fourth-order valence-electron chi connectivity index (χ4n) is 2.43. The van der Waals surface area contributed by atoms with Crippen molar-refractivity contribution in [2.45, 2.75) is 18.6 Å². The predicted molar refractivity (Wildman–Crippen MR) is 64.9 cm³/mol. The first-order valence-corrected chi connectivity index (χ1v) is 5.87. The van der Waals surface area contributed by atoms with Crippen molar-refractivity contribution in [1.29, 1.82) is 0 Å². The number of nitrogens with zero attached hydrogens (tertiary/aromatic N) is 3. The second kappa shape index (κ2) is 4.43. The van der Waals surface area contributed by atoms with Crippen molar-refractivity contribution in [3.05, 3.63) is 29.8 Å². The highest BCUT2D eigenvalue weighted by molar-refractivity contribution is 5.55. The molecule has 2 heterocycles. The molecule has 1 N–H and O–H groups in total. The molecule has 1 aromatic rings. The zero-order chi connectivity index (χ0) is 11.7. The first-order chi connectivity index (χ1) is 8.40. The molecule has 2 unspecified atom stereocenters. The van der Waals surface area contributed by atoms with Gasteiger partial charge in [-0.05, 0) is 11.6 Å². The van der Waals surface area contributed by atoms with E-state index in [1.165, 1.54) is 5.56 Å². The molecule has 0 saturated carbocycles. The van der Waals surface area contributed by atoms with E-state index in [2.05, 4.69) is 33.9 Å². The van der Waals surface area contributed by atoms with Gasteiger partial charge in [0.25, 0.3) is 0 Å². The van der Waals surface area contributed by atoms with Crippen LogP contribution in [-0.4, -0.2) is 32.3 Å². The van der Waals surface area contributed by atoms with E-state index in [1.54, 1.807) is 7.11 Å². The van der Waals surface area contributed by atoms with Gasteiger partial charge in [0.05, 0.1) is 18.3 Å². The van der Waals surface area contributed by atoms with Crippen molar-refractivity contribution >= 4 is 5.69 Å². The minimum atomic E-state index is 0.124. The van der Waals surface area contributed by atoms with E-state index >= 15 is 0 Å². The SMILES string of the molecule is COCC1N=NN2c3ccccc3CNCC12. The van der Waals surface area contributed by atoms with Gasteiger partial charge < -0.3 is 10.1 Å². The summed E-state index contributed by atoms with van der Waals surface area (Å²) in [6, 6.07) is 8.71. The lowest BCUT2D eigenvalue weighted by atomic mass is 10.1. The average molecular weight is 232 g/mol. The Bertz CT molecular complexity index is 434. The number of nitrogens with one attached hydrogen (secondary N) is 1. The molecule has 0 bridgehead atoms. The van der Waals surface area contributed by atoms with Crippen LogP contribution < -0.4 is 10.3 Å². The van der Waals surface area contributed by atoms with Crippen LogP contribution in [0.1, 0.15) is 5.56 Å². The van der Waals surface area contributed by atoms with Crippen molar-refractivity contribution in [2.24, 2.45) is 10.3 Å². The van der Waals surface area contributed by atoms with Gasteiger partial charge in [-0.2, -0.15) is 5.11 Å². The molecule has 0 aromatic heterocycles. The third-order valence-electron chi connectivity index (χ3n) is 3.30. The van der Waals surface area contributed by atoms with Gasteiger partial charge in [-0.15, -0.1) is 0 Å². The van der Waals surface area contributed by atoms with Crippen LogP contribution in [-0.2, 0) is 11.3 Å². The Labute approximate surface area is 100 Å². The average Bonchev–Trinajstić information content (AvgIpc) is 2.65. The van der Waals surface area contributed by atoms with Gasteiger partial charge in [-0.25, -0.2) is 5.01 Å². The quantitative estimate of drug-likeness (QED) is 0.837. The maximum Gasteiger partial charge on any atom is 0.120 e. The molecule has 90 valence electrons. The van der Waals surface area contributed by atoms with Crippen LogP contribution in [0.4, 0.5) is 5.69 Å². The van der Waals surface area contributed by atoms with E-state index in [9.17, 15) is 0 Å². The highest BCUT2D eigenvalue weighted by Crippen LogP contribution is 2.30. The van der Waals surface area contributed by atoms with E-state index < -0.39 is 0 Å². The first-order valence-electron chi connectivity index (χ1n) is 5.87. The van der Waals surface area contributed by atoms with Gasteiger partial charge in [0.1, 0.15) is 6.04 Å². The van der Waals surface area contributed by atoms with Crippen LogP contribution in [0, 0.1) is 0 Å². The topological polar surface area (TPSA) is 49.2 Å². The largest absolute Gasteiger partial charge is 0.382 e. The molecule has 5 heteroatoms. The highest BCUT2D eigenvalue weighted by atomic mass is 16.5. The van der Waals surface area contributed by atoms with Gasteiger partial charge in [0.15, 0.2) is 0 Å². The summed E-state index contributed by atoms with van der Waals surface area (Å²) in [5.74, 6) is 0. The van der Waals surface area contributed by atoms with E-state index in [0.29, 0.717) is 6.61 Å². The molecule has 17 heavy (non-hydrogen) atoms. The van der Waals surface area contributed by atoms with Gasteiger partial charge in [-0.3, -0.25) is 0 Å². The molecule has 0 aliphatic carbocycles. The third kappa shape index (κ3) is 1.81. The van der Waals surface area contributed by atoms with E-state index in [1.807, 2.05) is 11.1 Å². The number of benzene rings is 1. The third-order valence-corrected chi connectivity index (χ3v) is 3.30. The van der Waals surface area contributed by atoms with E-state index in [0.717, 1.165) is 18.8 Å². The summed E-state index contributed by atoms with van der Waals surface area (Å²) in [4.78, 5) is 0. The molecule has 3 rings (SSSR count). The Morgan fingerprint density at radius 1 is 1.47 bits per heavy atom. The van der Waals surface area contributed by atoms with Crippen molar-refractivity contribution in [3.63, 3.8) is 0 Å². The minimum absolute atomic E-state index is 0.124. The molecule has 0 spiro atoms. The van der Waals surface area contributed by atoms with Crippen LogP contribution in [0.3, 0.4) is 0 Å². The number of ether oxygens (including phenoxy) is 1. The van der Waals surface area contributed by atoms with Gasteiger partial charge in [-0.1, -0.05) is 23.4 Å². The lowest BCUT2D eigenvalue weighted by molar-refractivity contribution is 0.174. The molecule has 0 fully saturated rings. The normalized spacial score (nSPS) is 26.5. The molecule has 0 amide bonds. The lowest BCUT2D eigenvalue weighted by Crippen LogP contribution is -2.42. The lowest BCUT2D eigenvalue weighted by Gasteiger charge is -2.23. The fourth-order valence-corrected chi connectivity index (χ4v) is 2.43. The Morgan fingerprint density at radius 2 is 2.35 bits per heavy atom. The van der Waals surface area contributed by atoms with Crippen LogP contribution in [0.2, 0.25) is 0 Å². The van der Waals surface area contributed by atoms with E-state index in [-0.39, 0.29) is 12.1 Å². The minimum Gasteiger partial charge on any atom is -0.382 e. The summed E-state index contributed by atoms with van der Waals surface area (Å²) >= 11 is 0. The Hall–Kier alpha value is -1.46. The molecule has 2 atom stereocenters. The van der Waals surface area contributed by atoms with Crippen molar-refractivity contribution < 1.29 is 4.74 Å². The smallest absolute Gasteiger partial charge is 0.120 e. The highest BCUT2D eigenvalue weighted by Gasteiger charge is 2.35. The van der Waals surface area contributed by atoms with Gasteiger partial charge in [0, 0.05) is 20.2 Å². The Balaban J connectivity index is 1.93. The summed E-state index contributed by atoms with van der Waals surface area (Å²) in [6.45, 7) is 2.39. The molecule has 5 nitrogen and oxygen atoms in total. The zero-order valence-electron chi connectivity index (χ0n) is 9.84. The monoisotopic (exact) mass is 232 g/mol. The molecule has 1 aromatic carbocycles. The van der Waals surface area contributed by atoms with Crippen LogP contribution in [0.15, 0.2) is 34.6 Å². The fraction of sp³-hybridized carbons (Fsp3) is 0.500. The number of para-hydroxylation sites is 1. The van der Waals surface area contributed by atoms with Crippen molar-refractivity contribution in [2.75, 3.05) is 25.3 Å². The second-order valence-corrected chi connectivity index (χ2v) is 4.40. The number of hydrogen-bond donors (Lipinski definition) is 1. The van der Waals surface area contributed by atoms with Crippen molar-refractivity contribution in [1.82, 2.24) is 5.32 Å². The van der Waals surface area contributed by atoms with Crippen LogP contribution in [0.5, 0.6) is 0 Å². The first kappa shape index (κ1) is 10.7. The summed E-state index contributed by atoms with van der Waals surface area (Å²) in [6.07, 6.45) is 0. The van der Waals surface area contributed by atoms with Gasteiger partial charge >= 0.3 is 0 Å². The Morgan fingerprint density at radius 3 is 3.24 bits per heavy atom. The summed E-state index contributed by atoms with van der Waals surface area (Å²) in [5.41, 5.74) is 2.43. The van der Waals surface area contributed by atoms with Crippen LogP contribution >= 0.6 is 0 Å². The van der Waals surface area contributed by atoms with Gasteiger partial charge in [0.2, 0.25) is 0 Å². The summed E-state index contributed by atoms with van der Waals surface area (Å²) in [5, 5.41) is 14.1. The van der Waals surface area contributed by atoms with Crippen LogP contribution in [0.25, 0.3) is 0 Å². The zero-order valence-corrected chi connectivity index (χ0v) is 9.84. The number of hydrogen-bond acceptors (Lipinski definition) is 5. The number of fused-ring (bicyclic) bond motifs is 3. The van der Waals surface area contributed by atoms with Crippen molar-refractivity contribution in [3.8, 4) is 0 Å². The standard InChI is InChI=1S/C12H16N4O/c1-17-8-10-12-7-13-6-9-4-2-3-5-11(9)16(12)15-14-10/h2-5,10,12-13H,6-8H2,1H3. The molecule has 2 aliphatic rings. The number of methoxy groups -OCH3 is 1. The Kier molecular flexibility index (Phi) is 2.78. The molecular weight excluding hydrogens is 216 g/mol. The maximum absolute atomic E-state index is 5.20. The number of rotatable bonds is 2. The second-order valence-electron chi connectivity index (χ2n) is 4.40. The molecule has 2 aliphatic heterocycles.